The Bertz CT molecular complexity index is 915. The van der Waals surface area contributed by atoms with Crippen molar-refractivity contribution < 1.29 is 23.4 Å². The lowest BCUT2D eigenvalue weighted by atomic mass is 9.98. The number of piperidine rings is 1. The number of nitrogens with zero attached hydrogens (tertiary/aromatic N) is 1. The molecule has 30 heavy (non-hydrogen) atoms. The maximum Gasteiger partial charge on any atom is 0.243 e. The van der Waals surface area contributed by atoms with Crippen LogP contribution in [0.25, 0.3) is 0 Å². The van der Waals surface area contributed by atoms with E-state index in [1.165, 1.54) is 12.1 Å². The lowest BCUT2D eigenvalue weighted by Gasteiger charge is -2.31. The summed E-state index contributed by atoms with van der Waals surface area (Å²) in [7, 11) is -3.47. The predicted octanol–water partition coefficient (Wildman–Crippen LogP) is 2.58. The van der Waals surface area contributed by atoms with E-state index < -0.39 is 16.1 Å². The lowest BCUT2D eigenvalue weighted by molar-refractivity contribution is 0.104. The molecule has 0 saturated carbocycles. The van der Waals surface area contributed by atoms with E-state index >= 15 is 0 Å². The van der Waals surface area contributed by atoms with Gasteiger partial charge < -0.3 is 20.3 Å². The minimum Gasteiger partial charge on any atom is -0.508 e. The number of hydrogen-bond donors (Lipinski definition) is 3. The molecule has 3 N–H and O–H groups in total. The van der Waals surface area contributed by atoms with Crippen molar-refractivity contribution in [3.05, 3.63) is 53.0 Å². The summed E-state index contributed by atoms with van der Waals surface area (Å²) in [6, 6.07) is 13.1. The Balaban J connectivity index is 1.37. The van der Waals surface area contributed by atoms with Crippen LogP contribution in [0.5, 0.6) is 11.5 Å². The van der Waals surface area contributed by atoms with Crippen LogP contribution in [0.1, 0.15) is 12.8 Å². The zero-order chi connectivity index (χ0) is 21.6. The number of halogens is 1. The van der Waals surface area contributed by atoms with Gasteiger partial charge in [-0.1, -0.05) is 22.0 Å². The van der Waals surface area contributed by atoms with Crippen molar-refractivity contribution in [1.82, 2.24) is 9.62 Å². The van der Waals surface area contributed by atoms with Gasteiger partial charge in [0.15, 0.2) is 0 Å². The predicted molar refractivity (Wildman–Crippen MR) is 118 cm³/mol. The van der Waals surface area contributed by atoms with Crippen LogP contribution in [-0.2, 0) is 10.0 Å². The first-order valence-corrected chi connectivity index (χ1v) is 12.1. The number of benzene rings is 2. The van der Waals surface area contributed by atoms with Crippen molar-refractivity contribution in [3.8, 4) is 11.5 Å². The standard InChI is InChI=1S/C21H27BrN2O5S/c22-17-2-1-3-21(12-17)30(27,28)24-10-8-16(9-11-24)13-23-14-19(26)15-29-20-6-4-18(25)5-7-20/h1-7,12,16,19,23,25-26H,8-11,13-15H2/t19-/m0/s1. The van der Waals surface area contributed by atoms with E-state index in [4.69, 9.17) is 4.74 Å². The van der Waals surface area contributed by atoms with Gasteiger partial charge in [0.05, 0.1) is 4.90 Å². The molecule has 0 bridgehead atoms. The third-order valence-electron chi connectivity index (χ3n) is 5.10. The van der Waals surface area contributed by atoms with Gasteiger partial charge in [0.2, 0.25) is 10.0 Å². The zero-order valence-electron chi connectivity index (χ0n) is 16.6. The van der Waals surface area contributed by atoms with Crippen molar-refractivity contribution in [2.45, 2.75) is 23.8 Å². The summed E-state index contributed by atoms with van der Waals surface area (Å²) < 4.78 is 33.4. The van der Waals surface area contributed by atoms with Gasteiger partial charge in [-0.2, -0.15) is 4.31 Å². The normalized spacial score (nSPS) is 17.0. The second-order valence-corrected chi connectivity index (χ2v) is 10.3. The lowest BCUT2D eigenvalue weighted by Crippen LogP contribution is -2.42. The van der Waals surface area contributed by atoms with Crippen molar-refractivity contribution >= 4 is 26.0 Å². The number of ether oxygens (including phenoxy) is 1. The van der Waals surface area contributed by atoms with Crippen LogP contribution < -0.4 is 10.1 Å². The molecule has 1 saturated heterocycles. The molecular formula is C21H27BrN2O5S. The zero-order valence-corrected chi connectivity index (χ0v) is 19.0. The minimum absolute atomic E-state index is 0.154. The second kappa shape index (κ2) is 10.6. The van der Waals surface area contributed by atoms with Gasteiger partial charge in [-0.15, -0.1) is 0 Å². The maximum atomic E-state index is 12.8. The number of aliphatic hydroxyl groups is 1. The molecule has 1 aliphatic rings. The molecule has 3 rings (SSSR count). The van der Waals surface area contributed by atoms with E-state index in [0.717, 1.165) is 23.9 Å². The van der Waals surface area contributed by atoms with Gasteiger partial charge in [-0.05, 0) is 67.8 Å². The molecule has 0 aromatic heterocycles. The van der Waals surface area contributed by atoms with Crippen LogP contribution in [0, 0.1) is 5.92 Å². The molecule has 9 heteroatoms. The SMILES string of the molecule is O=S(=O)(c1cccc(Br)c1)N1CCC(CNC[C@H](O)COc2ccc(O)cc2)CC1. The quantitative estimate of drug-likeness (QED) is 0.491. The van der Waals surface area contributed by atoms with Crippen molar-refractivity contribution in [2.75, 3.05) is 32.8 Å². The number of aliphatic hydroxyl groups excluding tert-OH is 1. The van der Waals surface area contributed by atoms with Crippen molar-refractivity contribution in [2.24, 2.45) is 5.92 Å². The second-order valence-electron chi connectivity index (χ2n) is 7.42. The molecule has 1 aliphatic heterocycles. The number of hydrogen-bond acceptors (Lipinski definition) is 6. The van der Waals surface area contributed by atoms with Gasteiger partial charge in [-0.25, -0.2) is 8.42 Å². The summed E-state index contributed by atoms with van der Waals surface area (Å²) in [5, 5.41) is 22.6. The average molecular weight is 499 g/mol. The highest BCUT2D eigenvalue weighted by Crippen LogP contribution is 2.25. The summed E-state index contributed by atoms with van der Waals surface area (Å²) >= 11 is 3.32. The minimum atomic E-state index is -3.47. The van der Waals surface area contributed by atoms with Crippen LogP contribution in [0.2, 0.25) is 0 Å². The maximum absolute atomic E-state index is 12.8. The smallest absolute Gasteiger partial charge is 0.243 e. The first-order chi connectivity index (χ1) is 14.3. The van der Waals surface area contributed by atoms with Gasteiger partial charge in [0.1, 0.15) is 24.2 Å². The fourth-order valence-corrected chi connectivity index (χ4v) is 5.44. The number of aromatic hydroxyl groups is 1. The molecule has 0 radical (unpaired) electrons. The fourth-order valence-electron chi connectivity index (χ4n) is 3.38. The number of phenolic OH excluding ortho intramolecular Hbond substituents is 1. The third kappa shape index (κ3) is 6.42. The molecule has 7 nitrogen and oxygen atoms in total. The van der Waals surface area contributed by atoms with E-state index in [9.17, 15) is 18.6 Å². The Labute approximate surface area is 185 Å². The Morgan fingerprint density at radius 1 is 1.17 bits per heavy atom. The Morgan fingerprint density at radius 2 is 1.87 bits per heavy atom. The highest BCUT2D eigenvalue weighted by molar-refractivity contribution is 9.10. The molecule has 1 heterocycles. The average Bonchev–Trinajstić information content (AvgIpc) is 2.74. The molecule has 0 spiro atoms. The summed E-state index contributed by atoms with van der Waals surface area (Å²) in [5.74, 6) is 1.12. The third-order valence-corrected chi connectivity index (χ3v) is 7.49. The molecule has 0 amide bonds. The molecule has 2 aromatic carbocycles. The first-order valence-electron chi connectivity index (χ1n) is 9.91. The number of rotatable bonds is 9. The van der Waals surface area contributed by atoms with Crippen molar-refractivity contribution in [1.29, 1.82) is 0 Å². The molecule has 0 unspecified atom stereocenters. The monoisotopic (exact) mass is 498 g/mol. The van der Waals surface area contributed by atoms with Crippen LogP contribution in [0.3, 0.4) is 0 Å². The number of sulfonamides is 1. The molecule has 1 fully saturated rings. The Morgan fingerprint density at radius 3 is 2.53 bits per heavy atom. The largest absolute Gasteiger partial charge is 0.508 e. The highest BCUT2D eigenvalue weighted by Gasteiger charge is 2.29. The summed E-state index contributed by atoms with van der Waals surface area (Å²) in [4.78, 5) is 0.310. The topological polar surface area (TPSA) is 99.1 Å². The van der Waals surface area contributed by atoms with Gasteiger partial charge in [0, 0.05) is 24.1 Å². The molecular weight excluding hydrogens is 472 g/mol. The summed E-state index contributed by atoms with van der Waals surface area (Å²) in [5.41, 5.74) is 0. The Hall–Kier alpha value is -1.65. The van der Waals surface area contributed by atoms with E-state index in [0.29, 0.717) is 36.2 Å². The molecule has 0 aliphatic carbocycles. The van der Waals surface area contributed by atoms with Crippen LogP contribution in [0.4, 0.5) is 0 Å². The van der Waals surface area contributed by atoms with E-state index in [1.807, 2.05) is 0 Å². The highest BCUT2D eigenvalue weighted by atomic mass is 79.9. The van der Waals surface area contributed by atoms with E-state index in [2.05, 4.69) is 21.2 Å². The van der Waals surface area contributed by atoms with Crippen LogP contribution in [0.15, 0.2) is 57.9 Å². The van der Waals surface area contributed by atoms with Gasteiger partial charge >= 0.3 is 0 Å². The van der Waals surface area contributed by atoms with Gasteiger partial charge in [0.25, 0.3) is 0 Å². The fraction of sp³-hybridized carbons (Fsp3) is 0.429. The summed E-state index contributed by atoms with van der Waals surface area (Å²) in [6.07, 6.45) is 0.900. The number of phenols is 1. The molecule has 164 valence electrons. The van der Waals surface area contributed by atoms with Crippen LogP contribution >= 0.6 is 15.9 Å². The molecule has 2 aromatic rings. The Kier molecular flexibility index (Phi) is 8.13. The first kappa shape index (κ1) is 23.0. The molecule has 1 atom stereocenters. The van der Waals surface area contributed by atoms with Crippen molar-refractivity contribution in [3.63, 3.8) is 0 Å². The van der Waals surface area contributed by atoms with Gasteiger partial charge in [-0.3, -0.25) is 0 Å². The van der Waals surface area contributed by atoms with E-state index in [1.54, 1.807) is 40.7 Å². The van der Waals surface area contributed by atoms with E-state index in [-0.39, 0.29) is 12.4 Å². The van der Waals surface area contributed by atoms with Crippen LogP contribution in [-0.4, -0.2) is 61.8 Å². The summed E-state index contributed by atoms with van der Waals surface area (Å²) in [6.45, 7) is 2.26. The number of nitrogens with one attached hydrogen (secondary N) is 1.